The zero-order chi connectivity index (χ0) is 16.0. The standard InChI is InChI=1S/C15H19FINO3/c1-9(15(20)21)4-3-5-10(2)18-14(19)12-7-6-11(16)8-13(12)17/h6-10H,3-5H2,1-2H3,(H,18,19)(H,20,21). The zero-order valence-corrected chi connectivity index (χ0v) is 14.2. The van der Waals surface area contributed by atoms with Crippen LogP contribution >= 0.6 is 22.6 Å². The summed E-state index contributed by atoms with van der Waals surface area (Å²) in [6, 6.07) is 3.98. The van der Waals surface area contributed by atoms with Crippen LogP contribution in [0.5, 0.6) is 0 Å². The number of benzene rings is 1. The normalized spacial score (nSPS) is 13.5. The third-order valence-corrected chi connectivity index (χ3v) is 4.14. The number of hydrogen-bond donors (Lipinski definition) is 2. The van der Waals surface area contributed by atoms with Crippen molar-refractivity contribution in [3.8, 4) is 0 Å². The molecule has 0 aromatic heterocycles. The highest BCUT2D eigenvalue weighted by Crippen LogP contribution is 2.15. The molecule has 2 unspecified atom stereocenters. The van der Waals surface area contributed by atoms with Crippen LogP contribution in [0.3, 0.4) is 0 Å². The molecule has 21 heavy (non-hydrogen) atoms. The molecule has 0 aliphatic rings. The van der Waals surface area contributed by atoms with Gasteiger partial charge in [0.1, 0.15) is 5.82 Å². The lowest BCUT2D eigenvalue weighted by atomic mass is 10.0. The molecular formula is C15H19FINO3. The number of rotatable bonds is 7. The van der Waals surface area contributed by atoms with Crippen LogP contribution in [0.2, 0.25) is 0 Å². The first-order chi connectivity index (χ1) is 9.81. The van der Waals surface area contributed by atoms with Crippen molar-refractivity contribution in [3.63, 3.8) is 0 Å². The van der Waals surface area contributed by atoms with Gasteiger partial charge in [0.15, 0.2) is 0 Å². The molecule has 1 amide bonds. The van der Waals surface area contributed by atoms with Crippen LogP contribution in [0.25, 0.3) is 0 Å². The molecule has 116 valence electrons. The van der Waals surface area contributed by atoms with Crippen LogP contribution in [0.15, 0.2) is 18.2 Å². The van der Waals surface area contributed by atoms with Gasteiger partial charge in [0.25, 0.3) is 5.91 Å². The number of aliphatic carboxylic acids is 1. The third kappa shape index (κ3) is 5.99. The van der Waals surface area contributed by atoms with Gasteiger partial charge in [-0.05, 0) is 60.6 Å². The monoisotopic (exact) mass is 407 g/mol. The van der Waals surface area contributed by atoms with Crippen LogP contribution in [0.4, 0.5) is 4.39 Å². The number of carboxylic acid groups (broad SMARTS) is 1. The molecule has 1 aromatic carbocycles. The van der Waals surface area contributed by atoms with Crippen molar-refractivity contribution in [2.45, 2.75) is 39.2 Å². The molecule has 1 rings (SSSR count). The molecule has 0 spiro atoms. The van der Waals surface area contributed by atoms with Crippen LogP contribution in [-0.4, -0.2) is 23.0 Å². The van der Waals surface area contributed by atoms with Crippen molar-refractivity contribution in [1.82, 2.24) is 5.32 Å². The van der Waals surface area contributed by atoms with Gasteiger partial charge in [0.05, 0.1) is 11.5 Å². The van der Waals surface area contributed by atoms with Crippen LogP contribution in [-0.2, 0) is 4.79 Å². The summed E-state index contributed by atoms with van der Waals surface area (Å²) in [6.07, 6.45) is 2.03. The van der Waals surface area contributed by atoms with Gasteiger partial charge in [-0.3, -0.25) is 9.59 Å². The van der Waals surface area contributed by atoms with E-state index >= 15 is 0 Å². The van der Waals surface area contributed by atoms with E-state index in [0.717, 1.165) is 6.42 Å². The Morgan fingerprint density at radius 1 is 1.33 bits per heavy atom. The molecule has 0 heterocycles. The Kier molecular flexibility index (Phi) is 7.07. The molecule has 1 aromatic rings. The number of carbonyl (C=O) groups is 2. The molecule has 0 radical (unpaired) electrons. The molecule has 0 fully saturated rings. The summed E-state index contributed by atoms with van der Waals surface area (Å²) in [4.78, 5) is 22.8. The first kappa shape index (κ1) is 17.9. The van der Waals surface area contributed by atoms with Crippen molar-refractivity contribution in [2.75, 3.05) is 0 Å². The number of halogens is 2. The average molecular weight is 407 g/mol. The topological polar surface area (TPSA) is 66.4 Å². The van der Waals surface area contributed by atoms with E-state index in [2.05, 4.69) is 5.32 Å². The summed E-state index contributed by atoms with van der Waals surface area (Å²) >= 11 is 1.93. The molecule has 4 nitrogen and oxygen atoms in total. The Morgan fingerprint density at radius 3 is 2.57 bits per heavy atom. The van der Waals surface area contributed by atoms with Gasteiger partial charge >= 0.3 is 5.97 Å². The van der Waals surface area contributed by atoms with E-state index in [1.54, 1.807) is 6.92 Å². The molecule has 0 saturated carbocycles. The van der Waals surface area contributed by atoms with Crippen LogP contribution in [0, 0.1) is 15.3 Å². The predicted octanol–water partition coefficient (Wildman–Crippen LogP) is 3.44. The summed E-state index contributed by atoms with van der Waals surface area (Å²) in [5.74, 6) is -1.77. The summed E-state index contributed by atoms with van der Waals surface area (Å²) in [5, 5.41) is 11.6. The van der Waals surface area contributed by atoms with E-state index in [1.165, 1.54) is 18.2 Å². The second-order valence-corrected chi connectivity index (χ2v) is 6.33. The highest BCUT2D eigenvalue weighted by molar-refractivity contribution is 14.1. The summed E-state index contributed by atoms with van der Waals surface area (Å²) in [7, 11) is 0. The Labute approximate surface area is 137 Å². The fourth-order valence-corrected chi connectivity index (χ4v) is 2.62. The van der Waals surface area contributed by atoms with E-state index < -0.39 is 5.97 Å². The average Bonchev–Trinajstić information content (AvgIpc) is 2.37. The van der Waals surface area contributed by atoms with E-state index in [9.17, 15) is 14.0 Å². The SMILES string of the molecule is CC(CCCC(C)C(=O)O)NC(=O)c1ccc(F)cc1I. The number of hydrogen-bond acceptors (Lipinski definition) is 2. The number of carboxylic acids is 1. The van der Waals surface area contributed by atoms with Crippen LogP contribution < -0.4 is 5.32 Å². The Balaban J connectivity index is 2.45. The maximum Gasteiger partial charge on any atom is 0.306 e. The van der Waals surface area contributed by atoms with Crippen molar-refractivity contribution >= 4 is 34.5 Å². The molecule has 2 N–H and O–H groups in total. The fraction of sp³-hybridized carbons (Fsp3) is 0.467. The molecule has 0 aliphatic heterocycles. The Hall–Kier alpha value is -1.18. The number of amides is 1. The van der Waals surface area contributed by atoms with Gasteiger partial charge in [-0.2, -0.15) is 0 Å². The lowest BCUT2D eigenvalue weighted by Gasteiger charge is -2.15. The van der Waals surface area contributed by atoms with Gasteiger partial charge in [-0.25, -0.2) is 4.39 Å². The highest BCUT2D eigenvalue weighted by atomic mass is 127. The minimum atomic E-state index is -0.799. The van der Waals surface area contributed by atoms with Crippen molar-refractivity contribution < 1.29 is 19.1 Å². The molecule has 2 atom stereocenters. The maximum atomic E-state index is 13.0. The first-order valence-electron chi connectivity index (χ1n) is 6.80. The quantitative estimate of drug-likeness (QED) is 0.681. The van der Waals surface area contributed by atoms with Crippen molar-refractivity contribution in [1.29, 1.82) is 0 Å². The molecular weight excluding hydrogens is 388 g/mol. The summed E-state index contributed by atoms with van der Waals surface area (Å²) in [6.45, 7) is 3.55. The number of nitrogens with one attached hydrogen (secondary N) is 1. The van der Waals surface area contributed by atoms with Gasteiger partial charge in [0.2, 0.25) is 0 Å². The van der Waals surface area contributed by atoms with Gasteiger partial charge in [0, 0.05) is 9.61 Å². The lowest BCUT2D eigenvalue weighted by Crippen LogP contribution is -2.33. The second kappa shape index (κ2) is 8.31. The van der Waals surface area contributed by atoms with E-state index in [4.69, 9.17) is 5.11 Å². The molecule has 0 saturated heterocycles. The molecule has 6 heteroatoms. The van der Waals surface area contributed by atoms with Crippen molar-refractivity contribution in [3.05, 3.63) is 33.1 Å². The minimum Gasteiger partial charge on any atom is -0.481 e. The van der Waals surface area contributed by atoms with Crippen LogP contribution in [0.1, 0.15) is 43.5 Å². The summed E-state index contributed by atoms with van der Waals surface area (Å²) < 4.78 is 13.6. The van der Waals surface area contributed by atoms with E-state index in [1.807, 2.05) is 29.5 Å². The fourth-order valence-electron chi connectivity index (χ4n) is 1.90. The maximum absolute atomic E-state index is 13.0. The van der Waals surface area contributed by atoms with Gasteiger partial charge < -0.3 is 10.4 Å². The Bertz CT molecular complexity index is 522. The van der Waals surface area contributed by atoms with E-state index in [-0.39, 0.29) is 23.7 Å². The largest absolute Gasteiger partial charge is 0.481 e. The van der Waals surface area contributed by atoms with Gasteiger partial charge in [-0.15, -0.1) is 0 Å². The van der Waals surface area contributed by atoms with Crippen molar-refractivity contribution in [2.24, 2.45) is 5.92 Å². The zero-order valence-electron chi connectivity index (χ0n) is 12.0. The Morgan fingerprint density at radius 2 is 2.00 bits per heavy atom. The van der Waals surface area contributed by atoms with Gasteiger partial charge in [-0.1, -0.05) is 13.3 Å². The second-order valence-electron chi connectivity index (χ2n) is 5.17. The number of carbonyl (C=O) groups excluding carboxylic acids is 1. The predicted molar refractivity (Wildman–Crippen MR) is 86.7 cm³/mol. The minimum absolute atomic E-state index is 0.0562. The molecule has 0 bridgehead atoms. The lowest BCUT2D eigenvalue weighted by molar-refractivity contribution is -0.141. The highest BCUT2D eigenvalue weighted by Gasteiger charge is 2.15. The third-order valence-electron chi connectivity index (χ3n) is 3.25. The summed E-state index contributed by atoms with van der Waals surface area (Å²) in [5.41, 5.74) is 0.447. The van der Waals surface area contributed by atoms with E-state index in [0.29, 0.717) is 22.0 Å². The first-order valence-corrected chi connectivity index (χ1v) is 7.88. The molecule has 0 aliphatic carbocycles. The smallest absolute Gasteiger partial charge is 0.306 e.